The fourth-order valence-corrected chi connectivity index (χ4v) is 5.43. The summed E-state index contributed by atoms with van der Waals surface area (Å²) >= 11 is 0. The maximum atomic E-state index is 12.4. The number of sulfonamides is 1. The number of aromatic nitrogens is 2. The van der Waals surface area contributed by atoms with Gasteiger partial charge in [-0.05, 0) is 45.6 Å². The van der Waals surface area contributed by atoms with Crippen LogP contribution in [-0.2, 0) is 26.1 Å². The van der Waals surface area contributed by atoms with Crippen LogP contribution in [0.15, 0.2) is 6.07 Å². The topological polar surface area (TPSA) is 96.8 Å². The zero-order chi connectivity index (χ0) is 21.7. The van der Waals surface area contributed by atoms with Crippen molar-refractivity contribution >= 4 is 15.9 Å². The average Bonchev–Trinajstić information content (AvgIpc) is 3.02. The molecule has 0 saturated carbocycles. The molecule has 0 bridgehead atoms. The Morgan fingerprint density at radius 2 is 2.00 bits per heavy atom. The van der Waals surface area contributed by atoms with Gasteiger partial charge in [-0.3, -0.25) is 14.4 Å². The number of carbonyl (C=O) groups is 1. The van der Waals surface area contributed by atoms with Crippen molar-refractivity contribution in [1.29, 1.82) is 0 Å². The van der Waals surface area contributed by atoms with Crippen LogP contribution in [0.4, 0.5) is 0 Å². The van der Waals surface area contributed by atoms with E-state index in [1.807, 2.05) is 19.9 Å². The summed E-state index contributed by atoms with van der Waals surface area (Å²) in [7, 11) is -3.19. The van der Waals surface area contributed by atoms with Gasteiger partial charge >= 0.3 is 0 Å². The summed E-state index contributed by atoms with van der Waals surface area (Å²) in [6.07, 6.45) is 5.00. The molecule has 3 rings (SSSR count). The maximum Gasteiger partial charge on any atom is 0.241 e. The summed E-state index contributed by atoms with van der Waals surface area (Å²) in [5.74, 6) is -0.0606. The third-order valence-electron chi connectivity index (χ3n) is 6.05. The monoisotopic (exact) mass is 441 g/mol. The summed E-state index contributed by atoms with van der Waals surface area (Å²) in [5.41, 5.74) is 1.87. The Bertz CT molecular complexity index is 819. The molecule has 30 heavy (non-hydrogen) atoms. The van der Waals surface area contributed by atoms with Gasteiger partial charge in [-0.1, -0.05) is 0 Å². The normalized spacial score (nSPS) is 21.8. The molecule has 0 radical (unpaired) electrons. The van der Waals surface area contributed by atoms with Crippen molar-refractivity contribution in [3.63, 3.8) is 0 Å². The lowest BCUT2D eigenvalue weighted by molar-refractivity contribution is -0.122. The second-order valence-corrected chi connectivity index (χ2v) is 10.4. The van der Waals surface area contributed by atoms with Crippen LogP contribution >= 0.6 is 0 Å². The molecule has 1 aromatic rings. The van der Waals surface area contributed by atoms with Gasteiger partial charge in [0.1, 0.15) is 6.54 Å². The molecule has 2 aliphatic heterocycles. The van der Waals surface area contributed by atoms with E-state index >= 15 is 0 Å². The SMILES string of the molecule is Cc1cc(C)n(CC(=O)NCCN(C2CCOCC2)C2CCCN(S(C)(=O)=O)C2)n1. The first-order valence-electron chi connectivity index (χ1n) is 10.8. The molecule has 2 fully saturated rings. The third-order valence-corrected chi connectivity index (χ3v) is 7.32. The van der Waals surface area contributed by atoms with E-state index in [0.29, 0.717) is 32.2 Å². The number of carbonyl (C=O) groups excluding carboxylic acids is 1. The Hall–Kier alpha value is -1.49. The molecule has 1 aromatic heterocycles. The van der Waals surface area contributed by atoms with Crippen molar-refractivity contribution in [3.05, 3.63) is 17.5 Å². The fraction of sp³-hybridized carbons (Fsp3) is 0.800. The smallest absolute Gasteiger partial charge is 0.241 e. The summed E-state index contributed by atoms with van der Waals surface area (Å²) in [6.45, 7) is 7.88. The molecule has 1 N–H and O–H groups in total. The Labute approximate surface area is 179 Å². The number of piperidine rings is 1. The van der Waals surface area contributed by atoms with Gasteiger partial charge in [-0.2, -0.15) is 5.10 Å². The molecule has 1 atom stereocenters. The van der Waals surface area contributed by atoms with Gasteiger partial charge in [0.05, 0.1) is 11.9 Å². The molecule has 3 heterocycles. The molecule has 0 aromatic carbocycles. The molecule has 0 spiro atoms. The standard InChI is InChI=1S/C20H35N5O4S/c1-16-13-17(2)25(22-16)15-20(26)21-8-10-24(18-6-11-29-12-7-18)19-5-4-9-23(14-19)30(3,27)28/h13,18-19H,4-12,14-15H2,1-3H3,(H,21,26). The molecule has 1 unspecified atom stereocenters. The van der Waals surface area contributed by atoms with E-state index in [-0.39, 0.29) is 18.5 Å². The predicted octanol–water partition coefficient (Wildman–Crippen LogP) is 0.521. The first-order valence-corrected chi connectivity index (χ1v) is 12.6. The minimum atomic E-state index is -3.19. The van der Waals surface area contributed by atoms with E-state index in [9.17, 15) is 13.2 Å². The van der Waals surface area contributed by atoms with Crippen LogP contribution in [-0.4, -0.2) is 91.0 Å². The molecule has 2 aliphatic rings. The Kier molecular flexibility index (Phi) is 7.89. The molecule has 0 aliphatic carbocycles. The van der Waals surface area contributed by atoms with Crippen LogP contribution < -0.4 is 5.32 Å². The largest absolute Gasteiger partial charge is 0.381 e. The Morgan fingerprint density at radius 1 is 1.27 bits per heavy atom. The Balaban J connectivity index is 1.58. The highest BCUT2D eigenvalue weighted by atomic mass is 32.2. The van der Waals surface area contributed by atoms with E-state index in [0.717, 1.165) is 50.3 Å². The van der Waals surface area contributed by atoms with Crippen molar-refractivity contribution in [2.24, 2.45) is 0 Å². The highest BCUT2D eigenvalue weighted by Gasteiger charge is 2.33. The number of nitrogens with one attached hydrogen (secondary N) is 1. The predicted molar refractivity (Wildman–Crippen MR) is 115 cm³/mol. The number of hydrogen-bond donors (Lipinski definition) is 1. The van der Waals surface area contributed by atoms with Gasteiger partial charge in [0.25, 0.3) is 0 Å². The first kappa shape index (κ1) is 23.2. The van der Waals surface area contributed by atoms with Crippen molar-refractivity contribution in [2.75, 3.05) is 45.6 Å². The maximum absolute atomic E-state index is 12.4. The van der Waals surface area contributed by atoms with Crippen molar-refractivity contribution in [2.45, 2.75) is 58.2 Å². The number of rotatable bonds is 8. The van der Waals surface area contributed by atoms with Crippen LogP contribution in [0.1, 0.15) is 37.1 Å². The fourth-order valence-electron chi connectivity index (χ4n) is 4.52. The van der Waals surface area contributed by atoms with Crippen LogP contribution in [0, 0.1) is 13.8 Å². The van der Waals surface area contributed by atoms with E-state index in [1.54, 1.807) is 8.99 Å². The lowest BCUT2D eigenvalue weighted by atomic mass is 9.99. The second-order valence-electron chi connectivity index (χ2n) is 8.43. The van der Waals surface area contributed by atoms with E-state index < -0.39 is 10.0 Å². The Morgan fingerprint density at radius 3 is 2.63 bits per heavy atom. The zero-order valence-corrected chi connectivity index (χ0v) is 19.2. The van der Waals surface area contributed by atoms with E-state index in [2.05, 4.69) is 15.3 Å². The van der Waals surface area contributed by atoms with Crippen molar-refractivity contribution < 1.29 is 17.9 Å². The van der Waals surface area contributed by atoms with Gasteiger partial charge in [-0.15, -0.1) is 0 Å². The molecular weight excluding hydrogens is 406 g/mol. The van der Waals surface area contributed by atoms with Crippen LogP contribution in [0.3, 0.4) is 0 Å². The molecular formula is C20H35N5O4S. The van der Waals surface area contributed by atoms with Crippen LogP contribution in [0.25, 0.3) is 0 Å². The third kappa shape index (κ3) is 6.26. The molecule has 2 saturated heterocycles. The van der Waals surface area contributed by atoms with Gasteiger partial charge < -0.3 is 10.1 Å². The van der Waals surface area contributed by atoms with Gasteiger partial charge in [0.15, 0.2) is 0 Å². The number of hydrogen-bond acceptors (Lipinski definition) is 6. The number of ether oxygens (including phenoxy) is 1. The first-order chi connectivity index (χ1) is 14.2. The number of aryl methyl sites for hydroxylation is 2. The molecule has 170 valence electrons. The van der Waals surface area contributed by atoms with Gasteiger partial charge in [-0.25, -0.2) is 12.7 Å². The highest BCUT2D eigenvalue weighted by molar-refractivity contribution is 7.88. The minimum Gasteiger partial charge on any atom is -0.381 e. The van der Waals surface area contributed by atoms with Crippen molar-refractivity contribution in [1.82, 2.24) is 24.3 Å². The molecule has 10 heteroatoms. The van der Waals surface area contributed by atoms with Gasteiger partial charge in [0, 0.05) is 57.2 Å². The summed E-state index contributed by atoms with van der Waals surface area (Å²) < 4.78 is 32.9. The summed E-state index contributed by atoms with van der Waals surface area (Å²) in [6, 6.07) is 2.48. The quantitative estimate of drug-likeness (QED) is 0.632. The lowest BCUT2D eigenvalue weighted by Gasteiger charge is -2.43. The van der Waals surface area contributed by atoms with Crippen molar-refractivity contribution in [3.8, 4) is 0 Å². The van der Waals surface area contributed by atoms with E-state index in [1.165, 1.54) is 6.26 Å². The summed E-state index contributed by atoms with van der Waals surface area (Å²) in [4.78, 5) is 14.8. The molecule has 1 amide bonds. The number of amides is 1. The molecule has 9 nitrogen and oxygen atoms in total. The van der Waals surface area contributed by atoms with Crippen LogP contribution in [0.2, 0.25) is 0 Å². The van der Waals surface area contributed by atoms with Crippen LogP contribution in [0.5, 0.6) is 0 Å². The lowest BCUT2D eigenvalue weighted by Crippen LogP contribution is -2.55. The average molecular weight is 442 g/mol. The summed E-state index contributed by atoms with van der Waals surface area (Å²) in [5, 5.41) is 7.35. The highest BCUT2D eigenvalue weighted by Crippen LogP contribution is 2.24. The second kappa shape index (κ2) is 10.2. The zero-order valence-electron chi connectivity index (χ0n) is 18.3. The van der Waals surface area contributed by atoms with E-state index in [4.69, 9.17) is 4.74 Å². The van der Waals surface area contributed by atoms with Gasteiger partial charge in [0.2, 0.25) is 15.9 Å². The number of nitrogens with zero attached hydrogens (tertiary/aromatic N) is 4. The minimum absolute atomic E-state index is 0.0606.